The Hall–Kier alpha value is -1.54. The van der Waals surface area contributed by atoms with Gasteiger partial charge in [-0.2, -0.15) is 13.2 Å². The molecule has 1 fully saturated rings. The van der Waals surface area contributed by atoms with Gasteiger partial charge in [-0.05, 0) is 25.6 Å². The lowest BCUT2D eigenvalue weighted by Gasteiger charge is -2.40. The van der Waals surface area contributed by atoms with E-state index in [1.54, 1.807) is 0 Å². The smallest absolute Gasteiger partial charge is 0.354 e. The van der Waals surface area contributed by atoms with Crippen LogP contribution in [0, 0.1) is 0 Å². The van der Waals surface area contributed by atoms with Crippen molar-refractivity contribution in [2.75, 3.05) is 36.5 Å². The van der Waals surface area contributed by atoms with E-state index in [1.165, 1.54) is 0 Å². The number of anilines is 2. The van der Waals surface area contributed by atoms with Gasteiger partial charge in [0.1, 0.15) is 11.6 Å². The Morgan fingerprint density at radius 1 is 1.38 bits per heavy atom. The van der Waals surface area contributed by atoms with Crippen molar-refractivity contribution in [1.29, 1.82) is 0 Å². The molecule has 118 valence electrons. The molecule has 0 bridgehead atoms. The third-order valence-electron chi connectivity index (χ3n) is 3.78. The van der Waals surface area contributed by atoms with Crippen molar-refractivity contribution in [3.8, 4) is 0 Å². The number of hydrogen-bond donors (Lipinski definition) is 2. The fourth-order valence-electron chi connectivity index (χ4n) is 2.59. The van der Waals surface area contributed by atoms with E-state index >= 15 is 0 Å². The molecule has 1 aliphatic rings. The van der Waals surface area contributed by atoms with Gasteiger partial charge in [-0.3, -0.25) is 4.90 Å². The zero-order valence-electron chi connectivity index (χ0n) is 12.1. The molecule has 1 saturated heterocycles. The zero-order valence-corrected chi connectivity index (χ0v) is 12.1. The number of hydrazine groups is 1. The molecular formula is C13H20F3N5. The molecule has 0 saturated carbocycles. The van der Waals surface area contributed by atoms with Gasteiger partial charge in [0.05, 0.1) is 5.56 Å². The van der Waals surface area contributed by atoms with Crippen LogP contribution in [0.1, 0.15) is 19.4 Å². The molecule has 0 spiro atoms. The quantitative estimate of drug-likeness (QED) is 0.660. The van der Waals surface area contributed by atoms with E-state index < -0.39 is 11.7 Å². The number of hydrogen-bond acceptors (Lipinski definition) is 5. The first-order valence-corrected chi connectivity index (χ1v) is 6.90. The fraction of sp³-hybridized carbons (Fsp3) is 0.615. The Balaban J connectivity index is 2.27. The Morgan fingerprint density at radius 3 is 2.62 bits per heavy atom. The number of nitrogens with one attached hydrogen (secondary N) is 1. The van der Waals surface area contributed by atoms with E-state index in [0.717, 1.165) is 25.2 Å². The number of pyridine rings is 1. The molecule has 2 heterocycles. The van der Waals surface area contributed by atoms with Gasteiger partial charge in [0.15, 0.2) is 0 Å². The third kappa shape index (κ3) is 3.56. The standard InChI is InChI=1S/C13H20F3N5/c1-3-20-4-5-21(8-9(20)2)12-7-10(13(14,15)16)6-11(18-12)19-17/h6-7,9H,3-5,8,17H2,1-2H3,(H,18,19). The summed E-state index contributed by atoms with van der Waals surface area (Å²) in [6, 6.07) is 2.26. The summed E-state index contributed by atoms with van der Waals surface area (Å²) in [5, 5.41) is 0. The molecule has 2 rings (SSSR count). The highest BCUT2D eigenvalue weighted by Gasteiger charge is 2.33. The van der Waals surface area contributed by atoms with Crippen LogP contribution < -0.4 is 16.2 Å². The van der Waals surface area contributed by atoms with Crippen molar-refractivity contribution in [3.63, 3.8) is 0 Å². The molecule has 0 amide bonds. The number of nitrogen functional groups attached to an aromatic ring is 1. The van der Waals surface area contributed by atoms with Crippen LogP contribution in [0.15, 0.2) is 12.1 Å². The fourth-order valence-corrected chi connectivity index (χ4v) is 2.59. The summed E-state index contributed by atoms with van der Waals surface area (Å²) in [5.74, 6) is 5.55. The number of aromatic nitrogens is 1. The molecule has 21 heavy (non-hydrogen) atoms. The molecule has 1 unspecified atom stereocenters. The van der Waals surface area contributed by atoms with Crippen molar-refractivity contribution >= 4 is 11.6 Å². The highest BCUT2D eigenvalue weighted by Crippen LogP contribution is 2.33. The van der Waals surface area contributed by atoms with Gasteiger partial charge in [0.2, 0.25) is 0 Å². The second kappa shape index (κ2) is 6.07. The molecule has 3 N–H and O–H groups in total. The van der Waals surface area contributed by atoms with Crippen molar-refractivity contribution in [3.05, 3.63) is 17.7 Å². The summed E-state index contributed by atoms with van der Waals surface area (Å²) in [6.45, 7) is 7.17. The van der Waals surface area contributed by atoms with Gasteiger partial charge in [-0.1, -0.05) is 6.92 Å². The van der Waals surface area contributed by atoms with Crippen LogP contribution in [0.3, 0.4) is 0 Å². The van der Waals surface area contributed by atoms with Crippen LogP contribution >= 0.6 is 0 Å². The summed E-state index contributed by atoms with van der Waals surface area (Å²) in [4.78, 5) is 8.30. The Labute approximate surface area is 121 Å². The Kier molecular flexibility index (Phi) is 4.58. The van der Waals surface area contributed by atoms with Crippen molar-refractivity contribution in [2.24, 2.45) is 5.84 Å². The number of halogens is 3. The number of alkyl halides is 3. The molecule has 1 aliphatic heterocycles. The van der Waals surface area contributed by atoms with Crippen LogP contribution in [0.5, 0.6) is 0 Å². The summed E-state index contributed by atoms with van der Waals surface area (Å²) in [6.07, 6.45) is -4.42. The number of rotatable bonds is 3. The lowest BCUT2D eigenvalue weighted by molar-refractivity contribution is -0.137. The van der Waals surface area contributed by atoms with E-state index in [-0.39, 0.29) is 11.9 Å². The van der Waals surface area contributed by atoms with Crippen molar-refractivity contribution in [2.45, 2.75) is 26.1 Å². The van der Waals surface area contributed by atoms with Crippen LogP contribution in [0.4, 0.5) is 24.8 Å². The molecule has 0 aromatic carbocycles. The second-order valence-electron chi connectivity index (χ2n) is 5.16. The maximum Gasteiger partial charge on any atom is 0.416 e. The molecule has 1 aromatic heterocycles. The number of likely N-dealkylation sites (N-methyl/N-ethyl adjacent to an activating group) is 1. The summed E-state index contributed by atoms with van der Waals surface area (Å²) < 4.78 is 38.8. The summed E-state index contributed by atoms with van der Waals surface area (Å²) >= 11 is 0. The van der Waals surface area contributed by atoms with Gasteiger partial charge in [-0.25, -0.2) is 10.8 Å². The second-order valence-corrected chi connectivity index (χ2v) is 5.16. The van der Waals surface area contributed by atoms with Crippen LogP contribution in [-0.4, -0.2) is 42.1 Å². The minimum Gasteiger partial charge on any atom is -0.354 e. The Morgan fingerprint density at radius 2 is 2.10 bits per heavy atom. The van der Waals surface area contributed by atoms with E-state index in [9.17, 15) is 13.2 Å². The summed E-state index contributed by atoms with van der Waals surface area (Å²) in [5.41, 5.74) is 1.46. The molecular weight excluding hydrogens is 283 g/mol. The molecule has 0 radical (unpaired) electrons. The average molecular weight is 303 g/mol. The predicted molar refractivity (Wildman–Crippen MR) is 76.0 cm³/mol. The lowest BCUT2D eigenvalue weighted by Crippen LogP contribution is -2.52. The monoisotopic (exact) mass is 303 g/mol. The number of piperazine rings is 1. The Bertz CT molecular complexity index is 491. The van der Waals surface area contributed by atoms with Crippen LogP contribution in [-0.2, 0) is 6.18 Å². The first kappa shape index (κ1) is 15.8. The zero-order chi connectivity index (χ0) is 15.6. The van der Waals surface area contributed by atoms with Gasteiger partial charge >= 0.3 is 6.18 Å². The summed E-state index contributed by atoms with van der Waals surface area (Å²) in [7, 11) is 0. The highest BCUT2D eigenvalue weighted by atomic mass is 19.4. The lowest BCUT2D eigenvalue weighted by atomic mass is 10.1. The molecule has 1 aromatic rings. The maximum absolute atomic E-state index is 12.9. The largest absolute Gasteiger partial charge is 0.416 e. The van der Waals surface area contributed by atoms with Crippen LogP contribution in [0.25, 0.3) is 0 Å². The van der Waals surface area contributed by atoms with Crippen LogP contribution in [0.2, 0.25) is 0 Å². The maximum atomic E-state index is 12.9. The molecule has 0 aliphatic carbocycles. The van der Waals surface area contributed by atoms with Gasteiger partial charge < -0.3 is 10.3 Å². The normalized spacial score (nSPS) is 20.7. The third-order valence-corrected chi connectivity index (χ3v) is 3.78. The van der Waals surface area contributed by atoms with E-state index in [0.29, 0.717) is 18.9 Å². The molecule has 5 nitrogen and oxygen atoms in total. The van der Waals surface area contributed by atoms with Gasteiger partial charge in [-0.15, -0.1) is 0 Å². The van der Waals surface area contributed by atoms with E-state index in [1.807, 2.05) is 4.90 Å². The van der Waals surface area contributed by atoms with Gasteiger partial charge in [0, 0.05) is 25.7 Å². The number of nitrogens with zero attached hydrogens (tertiary/aromatic N) is 3. The minimum absolute atomic E-state index is 0.0189. The number of nitrogens with two attached hydrogens (primary N) is 1. The highest BCUT2D eigenvalue weighted by molar-refractivity contribution is 5.51. The van der Waals surface area contributed by atoms with E-state index in [2.05, 4.69) is 29.2 Å². The molecule has 1 atom stereocenters. The van der Waals surface area contributed by atoms with E-state index in [4.69, 9.17) is 5.84 Å². The van der Waals surface area contributed by atoms with Gasteiger partial charge in [0.25, 0.3) is 0 Å². The SMILES string of the molecule is CCN1CCN(c2cc(C(F)(F)F)cc(NN)n2)CC1C. The molecule has 8 heteroatoms. The van der Waals surface area contributed by atoms with Crippen molar-refractivity contribution in [1.82, 2.24) is 9.88 Å². The van der Waals surface area contributed by atoms with Crippen molar-refractivity contribution < 1.29 is 13.2 Å². The first-order chi connectivity index (χ1) is 9.85. The minimum atomic E-state index is -4.42. The topological polar surface area (TPSA) is 57.4 Å². The average Bonchev–Trinajstić information content (AvgIpc) is 2.45. The first-order valence-electron chi connectivity index (χ1n) is 6.90. The predicted octanol–water partition coefficient (Wildman–Crippen LogP) is 1.92.